The zero-order chi connectivity index (χ0) is 13.2. The van der Waals surface area contributed by atoms with E-state index < -0.39 is 10.0 Å². The molecular formula is C11H13N3O3S. The maximum absolute atomic E-state index is 12.1. The molecule has 1 aromatic carbocycles. The quantitative estimate of drug-likeness (QED) is 0.863. The van der Waals surface area contributed by atoms with E-state index in [1.54, 1.807) is 12.1 Å². The molecule has 0 atom stereocenters. The Kier molecular flexibility index (Phi) is 3.35. The molecule has 96 valence electrons. The molecule has 0 aliphatic heterocycles. The van der Waals surface area contributed by atoms with E-state index >= 15 is 0 Å². The third kappa shape index (κ3) is 2.52. The van der Waals surface area contributed by atoms with E-state index in [0.29, 0.717) is 0 Å². The zero-order valence-electron chi connectivity index (χ0n) is 9.74. The number of hydrogen-bond acceptors (Lipinski definition) is 4. The van der Waals surface area contributed by atoms with Gasteiger partial charge in [0.15, 0.2) is 5.03 Å². The van der Waals surface area contributed by atoms with Crippen LogP contribution < -0.4 is 0 Å². The standard InChI is InChI=1S/C11H13N3O3S/c1-14(7-9-2-4-10(15)5-3-9)18(16,17)11-6-12-8-13-11/h2-6,8,15H,7H2,1H3,(H,12,13). The molecule has 2 N–H and O–H groups in total. The number of hydrogen-bond donors (Lipinski definition) is 2. The van der Waals surface area contributed by atoms with Crippen molar-refractivity contribution >= 4 is 10.0 Å². The lowest BCUT2D eigenvalue weighted by atomic mass is 10.2. The van der Waals surface area contributed by atoms with Crippen LogP contribution in [0.5, 0.6) is 5.75 Å². The van der Waals surface area contributed by atoms with Crippen molar-refractivity contribution in [3.8, 4) is 5.75 Å². The highest BCUT2D eigenvalue weighted by Crippen LogP contribution is 2.15. The number of benzene rings is 1. The molecule has 0 saturated heterocycles. The number of phenolic OH excluding ortho intramolecular Hbond substituents is 1. The molecule has 0 aliphatic carbocycles. The summed E-state index contributed by atoms with van der Waals surface area (Å²) in [4.78, 5) is 6.27. The molecule has 2 rings (SSSR count). The monoisotopic (exact) mass is 267 g/mol. The normalized spacial score (nSPS) is 11.9. The van der Waals surface area contributed by atoms with Crippen LogP contribution in [0, 0.1) is 0 Å². The molecule has 1 aromatic heterocycles. The van der Waals surface area contributed by atoms with Crippen molar-refractivity contribution in [3.05, 3.63) is 42.4 Å². The van der Waals surface area contributed by atoms with Crippen LogP contribution in [-0.2, 0) is 16.6 Å². The average molecular weight is 267 g/mol. The van der Waals surface area contributed by atoms with Gasteiger partial charge in [0.25, 0.3) is 10.0 Å². The first-order valence-electron chi connectivity index (χ1n) is 5.23. The van der Waals surface area contributed by atoms with Gasteiger partial charge < -0.3 is 10.1 Å². The first-order valence-corrected chi connectivity index (χ1v) is 6.67. The van der Waals surface area contributed by atoms with Crippen LogP contribution in [0.3, 0.4) is 0 Å². The Morgan fingerprint density at radius 1 is 1.33 bits per heavy atom. The second-order valence-electron chi connectivity index (χ2n) is 3.84. The molecule has 18 heavy (non-hydrogen) atoms. The number of aromatic hydroxyl groups is 1. The first-order chi connectivity index (χ1) is 8.50. The van der Waals surface area contributed by atoms with Gasteiger partial charge in [-0.05, 0) is 17.7 Å². The van der Waals surface area contributed by atoms with Gasteiger partial charge in [-0.1, -0.05) is 12.1 Å². The molecule has 0 aliphatic rings. The maximum atomic E-state index is 12.1. The highest BCUT2D eigenvalue weighted by molar-refractivity contribution is 7.89. The van der Waals surface area contributed by atoms with Crippen LogP contribution in [0.2, 0.25) is 0 Å². The number of sulfonamides is 1. The molecule has 0 spiro atoms. The number of imidazole rings is 1. The molecule has 0 radical (unpaired) electrons. The summed E-state index contributed by atoms with van der Waals surface area (Å²) < 4.78 is 25.4. The van der Waals surface area contributed by atoms with E-state index in [0.717, 1.165) is 5.56 Å². The van der Waals surface area contributed by atoms with Gasteiger partial charge in [-0.25, -0.2) is 13.4 Å². The number of aromatic nitrogens is 2. The summed E-state index contributed by atoms with van der Waals surface area (Å²) in [7, 11) is -2.06. The van der Waals surface area contributed by atoms with Gasteiger partial charge in [0.05, 0.1) is 12.5 Å². The SMILES string of the molecule is CN(Cc1ccc(O)cc1)S(=O)(=O)c1cnc[nH]1. The molecule has 0 unspecified atom stereocenters. The van der Waals surface area contributed by atoms with Crippen LogP contribution in [0.15, 0.2) is 41.8 Å². The van der Waals surface area contributed by atoms with Crippen LogP contribution in [0.1, 0.15) is 5.56 Å². The Bertz CT molecular complexity index is 605. The summed E-state index contributed by atoms with van der Waals surface area (Å²) in [5.41, 5.74) is 0.790. The highest BCUT2D eigenvalue weighted by Gasteiger charge is 2.22. The zero-order valence-corrected chi connectivity index (χ0v) is 10.6. The molecule has 0 fully saturated rings. The first kappa shape index (κ1) is 12.6. The van der Waals surface area contributed by atoms with Gasteiger partial charge in [-0.15, -0.1) is 0 Å². The summed E-state index contributed by atoms with van der Waals surface area (Å²) >= 11 is 0. The van der Waals surface area contributed by atoms with Crippen LogP contribution >= 0.6 is 0 Å². The van der Waals surface area contributed by atoms with Gasteiger partial charge in [-0.3, -0.25) is 0 Å². The van der Waals surface area contributed by atoms with E-state index in [1.807, 2.05) is 0 Å². The van der Waals surface area contributed by atoms with Crippen molar-refractivity contribution in [1.29, 1.82) is 0 Å². The molecular weight excluding hydrogens is 254 g/mol. The van der Waals surface area contributed by atoms with E-state index in [2.05, 4.69) is 9.97 Å². The van der Waals surface area contributed by atoms with Gasteiger partial charge in [0.1, 0.15) is 5.75 Å². The molecule has 1 heterocycles. The third-order valence-corrected chi connectivity index (χ3v) is 4.23. The fourth-order valence-corrected chi connectivity index (χ4v) is 2.55. The Morgan fingerprint density at radius 2 is 2.00 bits per heavy atom. The smallest absolute Gasteiger partial charge is 0.260 e. The summed E-state index contributed by atoms with van der Waals surface area (Å²) in [6, 6.07) is 6.39. The van der Waals surface area contributed by atoms with Gasteiger partial charge in [0, 0.05) is 13.6 Å². The van der Waals surface area contributed by atoms with Gasteiger partial charge in [0.2, 0.25) is 0 Å². The minimum absolute atomic E-state index is 0.0591. The summed E-state index contributed by atoms with van der Waals surface area (Å²) in [5, 5.41) is 9.21. The average Bonchev–Trinajstić information content (AvgIpc) is 2.86. The van der Waals surface area contributed by atoms with Gasteiger partial charge >= 0.3 is 0 Å². The summed E-state index contributed by atoms with van der Waals surface area (Å²) in [5.74, 6) is 0.151. The molecule has 0 saturated carbocycles. The summed E-state index contributed by atoms with van der Waals surface area (Å²) in [6.07, 6.45) is 2.59. The molecule has 2 aromatic rings. The Hall–Kier alpha value is -1.86. The lowest BCUT2D eigenvalue weighted by Crippen LogP contribution is -2.26. The van der Waals surface area contributed by atoms with Crippen molar-refractivity contribution in [2.24, 2.45) is 0 Å². The van der Waals surface area contributed by atoms with E-state index in [4.69, 9.17) is 5.11 Å². The second kappa shape index (κ2) is 4.79. The minimum Gasteiger partial charge on any atom is -0.508 e. The topological polar surface area (TPSA) is 86.3 Å². The lowest BCUT2D eigenvalue weighted by Gasteiger charge is -2.15. The predicted octanol–water partition coefficient (Wildman–Crippen LogP) is 0.936. The number of H-pyrrole nitrogens is 1. The maximum Gasteiger partial charge on any atom is 0.260 e. The fraction of sp³-hybridized carbons (Fsp3) is 0.182. The van der Waals surface area contributed by atoms with Crippen molar-refractivity contribution in [3.63, 3.8) is 0 Å². The van der Waals surface area contributed by atoms with Crippen LogP contribution in [0.4, 0.5) is 0 Å². The predicted molar refractivity (Wildman–Crippen MR) is 65.3 cm³/mol. The number of aromatic amines is 1. The number of nitrogens with zero attached hydrogens (tertiary/aromatic N) is 2. The molecule has 6 nitrogen and oxygen atoms in total. The van der Waals surface area contributed by atoms with E-state index in [-0.39, 0.29) is 17.3 Å². The Labute approximate surface area is 105 Å². The lowest BCUT2D eigenvalue weighted by molar-refractivity contribution is 0.461. The number of rotatable bonds is 4. The van der Waals surface area contributed by atoms with Crippen LogP contribution in [0.25, 0.3) is 0 Å². The number of nitrogens with one attached hydrogen (secondary N) is 1. The highest BCUT2D eigenvalue weighted by atomic mass is 32.2. The van der Waals surface area contributed by atoms with Crippen molar-refractivity contribution in [2.75, 3.05) is 7.05 Å². The van der Waals surface area contributed by atoms with E-state index in [9.17, 15) is 8.42 Å². The molecule has 0 amide bonds. The molecule has 0 bridgehead atoms. The van der Waals surface area contributed by atoms with Crippen LogP contribution in [-0.4, -0.2) is 34.8 Å². The Morgan fingerprint density at radius 3 is 2.56 bits per heavy atom. The van der Waals surface area contributed by atoms with E-state index in [1.165, 1.54) is 36.0 Å². The summed E-state index contributed by atoms with van der Waals surface area (Å²) in [6.45, 7) is 0.224. The third-order valence-electron chi connectivity index (χ3n) is 2.50. The molecule has 7 heteroatoms. The fourth-order valence-electron chi connectivity index (χ4n) is 1.50. The van der Waals surface area contributed by atoms with Crippen molar-refractivity contribution in [2.45, 2.75) is 11.6 Å². The van der Waals surface area contributed by atoms with Gasteiger partial charge in [-0.2, -0.15) is 4.31 Å². The largest absolute Gasteiger partial charge is 0.508 e. The number of phenols is 1. The van der Waals surface area contributed by atoms with Crippen molar-refractivity contribution in [1.82, 2.24) is 14.3 Å². The second-order valence-corrected chi connectivity index (χ2v) is 5.86. The Balaban J connectivity index is 2.17. The van der Waals surface area contributed by atoms with Crippen molar-refractivity contribution < 1.29 is 13.5 Å². The minimum atomic E-state index is -3.55.